The Hall–Kier alpha value is -1.07. The Morgan fingerprint density at radius 2 is 1.84 bits per heavy atom. The van der Waals surface area contributed by atoms with Crippen LogP contribution in [0.3, 0.4) is 0 Å². The second-order valence-electron chi connectivity index (χ2n) is 5.95. The lowest BCUT2D eigenvalue weighted by atomic mass is 10.2. The molecule has 0 amide bonds. The van der Waals surface area contributed by atoms with Gasteiger partial charge in [-0.2, -0.15) is 0 Å². The highest BCUT2D eigenvalue weighted by Crippen LogP contribution is 2.20. The number of rotatable bonds is 5. The summed E-state index contributed by atoms with van der Waals surface area (Å²) >= 11 is 0. The van der Waals surface area contributed by atoms with Crippen molar-refractivity contribution < 1.29 is 8.42 Å². The van der Waals surface area contributed by atoms with E-state index in [0.29, 0.717) is 11.7 Å². The van der Waals surface area contributed by atoms with Gasteiger partial charge in [-0.25, -0.2) is 8.42 Å². The first-order valence-electron chi connectivity index (χ1n) is 6.46. The van der Waals surface area contributed by atoms with Gasteiger partial charge < -0.3 is 5.32 Å². The van der Waals surface area contributed by atoms with Gasteiger partial charge in [0, 0.05) is 18.3 Å². The number of hydrogen-bond donors (Lipinski definition) is 2. The molecule has 19 heavy (non-hydrogen) atoms. The standard InChI is InChI=1S/C14H24N2O2S/c1-11(2)15-10-12-7-6-8-13(9-12)16-19(17,18)14(3,4)5/h6-9,11,15-16H,10H2,1-5H3. The summed E-state index contributed by atoms with van der Waals surface area (Å²) < 4.78 is 26.0. The maximum Gasteiger partial charge on any atom is 0.237 e. The molecule has 2 N–H and O–H groups in total. The molecular weight excluding hydrogens is 260 g/mol. The minimum absolute atomic E-state index is 0.398. The van der Waals surface area contributed by atoms with E-state index in [-0.39, 0.29) is 0 Å². The first kappa shape index (κ1) is 16.0. The predicted octanol–water partition coefficient (Wildman–Crippen LogP) is 2.72. The zero-order valence-electron chi connectivity index (χ0n) is 12.3. The van der Waals surface area contributed by atoms with Crippen molar-refractivity contribution >= 4 is 15.7 Å². The molecule has 1 aromatic rings. The second-order valence-corrected chi connectivity index (χ2v) is 8.39. The van der Waals surface area contributed by atoms with Crippen molar-refractivity contribution in [2.24, 2.45) is 0 Å². The normalized spacial score (nSPS) is 12.7. The van der Waals surface area contributed by atoms with Crippen LogP contribution in [0.1, 0.15) is 40.2 Å². The lowest BCUT2D eigenvalue weighted by Crippen LogP contribution is -2.33. The SMILES string of the molecule is CC(C)NCc1cccc(NS(=O)(=O)C(C)(C)C)c1. The molecule has 1 rings (SSSR count). The van der Waals surface area contributed by atoms with E-state index in [4.69, 9.17) is 0 Å². The molecule has 0 aliphatic heterocycles. The van der Waals surface area contributed by atoms with Gasteiger partial charge in [-0.05, 0) is 38.5 Å². The molecule has 0 saturated carbocycles. The van der Waals surface area contributed by atoms with Gasteiger partial charge >= 0.3 is 0 Å². The van der Waals surface area contributed by atoms with Crippen LogP contribution in [0, 0.1) is 0 Å². The topological polar surface area (TPSA) is 58.2 Å². The Labute approximate surface area is 116 Å². The van der Waals surface area contributed by atoms with Crippen LogP contribution in [0.5, 0.6) is 0 Å². The lowest BCUT2D eigenvalue weighted by Gasteiger charge is -2.20. The van der Waals surface area contributed by atoms with Crippen LogP contribution in [-0.4, -0.2) is 19.2 Å². The van der Waals surface area contributed by atoms with Gasteiger partial charge in [0.15, 0.2) is 0 Å². The van der Waals surface area contributed by atoms with Crippen LogP contribution in [0.25, 0.3) is 0 Å². The maximum atomic E-state index is 12.1. The first-order chi connectivity index (χ1) is 8.62. The Morgan fingerprint density at radius 3 is 2.37 bits per heavy atom. The molecule has 0 spiro atoms. The summed E-state index contributed by atoms with van der Waals surface area (Å²) in [6.45, 7) is 9.92. The number of sulfonamides is 1. The monoisotopic (exact) mass is 284 g/mol. The fourth-order valence-corrected chi connectivity index (χ4v) is 2.12. The third-order valence-electron chi connectivity index (χ3n) is 2.70. The summed E-state index contributed by atoms with van der Waals surface area (Å²) in [5.41, 5.74) is 1.67. The Balaban J connectivity index is 2.84. The molecule has 0 heterocycles. The minimum atomic E-state index is -3.37. The molecule has 0 fully saturated rings. The van der Waals surface area contributed by atoms with Gasteiger partial charge in [-0.3, -0.25) is 4.72 Å². The van der Waals surface area contributed by atoms with Crippen molar-refractivity contribution in [2.75, 3.05) is 4.72 Å². The number of nitrogens with one attached hydrogen (secondary N) is 2. The van der Waals surface area contributed by atoms with Crippen LogP contribution in [0.15, 0.2) is 24.3 Å². The first-order valence-corrected chi connectivity index (χ1v) is 7.95. The summed E-state index contributed by atoms with van der Waals surface area (Å²) in [6.07, 6.45) is 0. The van der Waals surface area contributed by atoms with E-state index in [1.807, 2.05) is 18.2 Å². The maximum absolute atomic E-state index is 12.1. The van der Waals surface area contributed by atoms with Gasteiger partial charge in [0.2, 0.25) is 10.0 Å². The Bertz CT molecular complexity index is 516. The molecule has 0 aliphatic rings. The number of anilines is 1. The van der Waals surface area contributed by atoms with Crippen molar-refractivity contribution in [3.8, 4) is 0 Å². The van der Waals surface area contributed by atoms with E-state index in [0.717, 1.165) is 12.1 Å². The van der Waals surface area contributed by atoms with E-state index in [9.17, 15) is 8.42 Å². The predicted molar refractivity (Wildman–Crippen MR) is 80.7 cm³/mol. The summed E-state index contributed by atoms with van der Waals surface area (Å²) in [5, 5.41) is 3.30. The van der Waals surface area contributed by atoms with E-state index in [1.54, 1.807) is 26.8 Å². The van der Waals surface area contributed by atoms with Crippen molar-refractivity contribution in [3.05, 3.63) is 29.8 Å². The Kier molecular flexibility index (Phi) is 4.98. The number of benzene rings is 1. The van der Waals surface area contributed by atoms with Crippen LogP contribution < -0.4 is 10.0 Å². The van der Waals surface area contributed by atoms with Crippen molar-refractivity contribution in [2.45, 2.75) is 52.0 Å². The average Bonchev–Trinajstić information content (AvgIpc) is 2.24. The highest BCUT2D eigenvalue weighted by Gasteiger charge is 2.28. The minimum Gasteiger partial charge on any atom is -0.310 e. The van der Waals surface area contributed by atoms with Gasteiger partial charge in [-0.1, -0.05) is 26.0 Å². The van der Waals surface area contributed by atoms with E-state index in [1.165, 1.54) is 0 Å². The summed E-state index contributed by atoms with van der Waals surface area (Å²) in [4.78, 5) is 0. The lowest BCUT2D eigenvalue weighted by molar-refractivity contribution is 0.566. The second kappa shape index (κ2) is 5.92. The van der Waals surface area contributed by atoms with Crippen LogP contribution in [0.2, 0.25) is 0 Å². The quantitative estimate of drug-likeness (QED) is 0.874. The summed E-state index contributed by atoms with van der Waals surface area (Å²) in [6, 6.07) is 7.86. The van der Waals surface area contributed by atoms with Crippen LogP contribution >= 0.6 is 0 Å². The van der Waals surface area contributed by atoms with Crippen molar-refractivity contribution in [3.63, 3.8) is 0 Å². The molecule has 1 aromatic carbocycles. The highest BCUT2D eigenvalue weighted by molar-refractivity contribution is 7.94. The van der Waals surface area contributed by atoms with Crippen molar-refractivity contribution in [1.82, 2.24) is 5.32 Å². The molecular formula is C14H24N2O2S. The zero-order valence-corrected chi connectivity index (χ0v) is 13.1. The van der Waals surface area contributed by atoms with Crippen molar-refractivity contribution in [1.29, 1.82) is 0 Å². The molecule has 0 aromatic heterocycles. The van der Waals surface area contributed by atoms with E-state index < -0.39 is 14.8 Å². The van der Waals surface area contributed by atoms with Crippen LogP contribution in [0.4, 0.5) is 5.69 Å². The molecule has 0 bridgehead atoms. The average molecular weight is 284 g/mol. The molecule has 108 valence electrons. The van der Waals surface area contributed by atoms with E-state index >= 15 is 0 Å². The molecule has 4 nitrogen and oxygen atoms in total. The number of hydrogen-bond acceptors (Lipinski definition) is 3. The van der Waals surface area contributed by atoms with Gasteiger partial charge in [-0.15, -0.1) is 0 Å². The summed E-state index contributed by atoms with van der Waals surface area (Å²) in [5.74, 6) is 0. The highest BCUT2D eigenvalue weighted by atomic mass is 32.2. The third kappa shape index (κ3) is 4.84. The van der Waals surface area contributed by atoms with Crippen LogP contribution in [-0.2, 0) is 16.6 Å². The molecule has 0 atom stereocenters. The van der Waals surface area contributed by atoms with Gasteiger partial charge in [0.05, 0.1) is 4.75 Å². The molecule has 0 unspecified atom stereocenters. The summed E-state index contributed by atoms with van der Waals surface area (Å²) in [7, 11) is -3.37. The molecule has 0 saturated heterocycles. The fraction of sp³-hybridized carbons (Fsp3) is 0.571. The van der Waals surface area contributed by atoms with Gasteiger partial charge in [0.25, 0.3) is 0 Å². The zero-order chi connectivity index (χ0) is 14.7. The smallest absolute Gasteiger partial charge is 0.237 e. The van der Waals surface area contributed by atoms with E-state index in [2.05, 4.69) is 23.9 Å². The third-order valence-corrected chi connectivity index (χ3v) is 4.82. The largest absolute Gasteiger partial charge is 0.310 e. The molecule has 0 radical (unpaired) electrons. The molecule has 0 aliphatic carbocycles. The Morgan fingerprint density at radius 1 is 1.21 bits per heavy atom. The molecule has 5 heteroatoms. The van der Waals surface area contributed by atoms with Gasteiger partial charge in [0.1, 0.15) is 0 Å². The fourth-order valence-electron chi connectivity index (χ4n) is 1.37.